The minimum absolute atomic E-state index is 0.0953. The second kappa shape index (κ2) is 5.38. The first kappa shape index (κ1) is 13.5. The number of H-pyrrole nitrogens is 1. The summed E-state index contributed by atoms with van der Waals surface area (Å²) in [5.41, 5.74) is 5.94. The number of hydrogen-bond donors (Lipinski definition) is 3. The first-order valence-electron chi connectivity index (χ1n) is 6.34. The van der Waals surface area contributed by atoms with Crippen LogP contribution < -0.4 is 10.5 Å². The molecule has 4 N–H and O–H groups in total. The van der Waals surface area contributed by atoms with Crippen molar-refractivity contribution in [2.75, 3.05) is 0 Å². The van der Waals surface area contributed by atoms with Gasteiger partial charge in [0.15, 0.2) is 5.03 Å². The zero-order chi connectivity index (χ0) is 13.2. The van der Waals surface area contributed by atoms with Gasteiger partial charge in [-0.25, -0.2) is 18.1 Å². The molecule has 18 heavy (non-hydrogen) atoms. The van der Waals surface area contributed by atoms with Crippen molar-refractivity contribution in [3.05, 3.63) is 12.0 Å². The van der Waals surface area contributed by atoms with Gasteiger partial charge in [0.1, 0.15) is 5.82 Å². The Morgan fingerprint density at radius 2 is 2.22 bits per heavy atom. The van der Waals surface area contributed by atoms with E-state index in [1.807, 2.05) is 6.92 Å². The average molecular weight is 272 g/mol. The van der Waals surface area contributed by atoms with Crippen molar-refractivity contribution in [2.45, 2.75) is 56.1 Å². The van der Waals surface area contributed by atoms with Gasteiger partial charge in [-0.05, 0) is 12.8 Å². The Morgan fingerprint density at radius 3 is 2.83 bits per heavy atom. The molecule has 0 aliphatic heterocycles. The third-order valence-electron chi connectivity index (χ3n) is 3.36. The van der Waals surface area contributed by atoms with E-state index in [1.54, 1.807) is 0 Å². The molecule has 1 fully saturated rings. The zero-order valence-corrected chi connectivity index (χ0v) is 11.3. The highest BCUT2D eigenvalue weighted by atomic mass is 32.2. The van der Waals surface area contributed by atoms with Gasteiger partial charge in [0.05, 0.1) is 6.20 Å². The summed E-state index contributed by atoms with van der Waals surface area (Å²) < 4.78 is 26.9. The van der Waals surface area contributed by atoms with Crippen LogP contribution in [0.2, 0.25) is 0 Å². The number of hydrogen-bond acceptors (Lipinski definition) is 4. The third kappa shape index (κ3) is 2.90. The van der Waals surface area contributed by atoms with Crippen LogP contribution in [0.3, 0.4) is 0 Å². The molecule has 2 unspecified atom stereocenters. The topological polar surface area (TPSA) is 101 Å². The van der Waals surface area contributed by atoms with Crippen molar-refractivity contribution in [3.8, 4) is 0 Å². The molecular weight excluding hydrogens is 252 g/mol. The highest BCUT2D eigenvalue weighted by Crippen LogP contribution is 2.19. The molecule has 1 aliphatic carbocycles. The lowest BCUT2D eigenvalue weighted by molar-refractivity contribution is 0.361. The van der Waals surface area contributed by atoms with Gasteiger partial charge in [-0.1, -0.05) is 19.8 Å². The fourth-order valence-electron chi connectivity index (χ4n) is 2.23. The molecule has 6 nitrogen and oxygen atoms in total. The van der Waals surface area contributed by atoms with Gasteiger partial charge in [-0.15, -0.1) is 0 Å². The summed E-state index contributed by atoms with van der Waals surface area (Å²) in [4.78, 5) is 6.81. The summed E-state index contributed by atoms with van der Waals surface area (Å²) in [6.45, 7) is 1.92. The molecule has 0 radical (unpaired) electrons. The van der Waals surface area contributed by atoms with E-state index in [1.165, 1.54) is 6.20 Å². The summed E-state index contributed by atoms with van der Waals surface area (Å²) in [6.07, 6.45) is 5.80. The van der Waals surface area contributed by atoms with Gasteiger partial charge in [-0.3, -0.25) is 0 Å². The standard InChI is InChI=1S/C11H20N4O2S/c1-2-10-13-7-11(14-10)18(16,17)15-9-6-4-3-5-8(9)12/h7-9,15H,2-6,12H2,1H3,(H,13,14). The fourth-order valence-corrected chi connectivity index (χ4v) is 3.49. The lowest BCUT2D eigenvalue weighted by atomic mass is 9.92. The van der Waals surface area contributed by atoms with E-state index in [0.717, 1.165) is 25.7 Å². The van der Waals surface area contributed by atoms with E-state index in [9.17, 15) is 8.42 Å². The number of aromatic nitrogens is 2. The number of nitrogens with zero attached hydrogens (tertiary/aromatic N) is 1. The highest BCUT2D eigenvalue weighted by Gasteiger charge is 2.28. The second-order valence-electron chi connectivity index (χ2n) is 4.72. The van der Waals surface area contributed by atoms with E-state index < -0.39 is 10.0 Å². The first-order chi connectivity index (χ1) is 8.53. The number of imidazole rings is 1. The van der Waals surface area contributed by atoms with E-state index in [2.05, 4.69) is 14.7 Å². The summed E-state index contributed by atoms with van der Waals surface area (Å²) in [5.74, 6) is 0.670. The Balaban J connectivity index is 2.11. The zero-order valence-electron chi connectivity index (χ0n) is 10.5. The molecule has 1 aliphatic rings. The summed E-state index contributed by atoms with van der Waals surface area (Å²) in [7, 11) is -3.53. The van der Waals surface area contributed by atoms with Gasteiger partial charge in [0.2, 0.25) is 0 Å². The van der Waals surface area contributed by atoms with Crippen molar-refractivity contribution < 1.29 is 8.42 Å². The molecule has 0 saturated heterocycles. The van der Waals surface area contributed by atoms with Gasteiger partial charge < -0.3 is 10.7 Å². The normalized spacial score (nSPS) is 25.2. The van der Waals surface area contributed by atoms with Gasteiger partial charge in [0.25, 0.3) is 10.0 Å². The van der Waals surface area contributed by atoms with Crippen molar-refractivity contribution in [3.63, 3.8) is 0 Å². The smallest absolute Gasteiger partial charge is 0.257 e. The number of aromatic amines is 1. The molecule has 1 saturated carbocycles. The predicted molar refractivity (Wildman–Crippen MR) is 68.5 cm³/mol. The van der Waals surface area contributed by atoms with Crippen molar-refractivity contribution >= 4 is 10.0 Å². The van der Waals surface area contributed by atoms with Crippen LogP contribution in [-0.2, 0) is 16.4 Å². The van der Waals surface area contributed by atoms with Crippen LogP contribution in [0.25, 0.3) is 0 Å². The maximum atomic E-state index is 12.1. The van der Waals surface area contributed by atoms with Gasteiger partial charge in [-0.2, -0.15) is 0 Å². The monoisotopic (exact) mass is 272 g/mol. The molecule has 0 aromatic carbocycles. The predicted octanol–water partition coefficient (Wildman–Crippen LogP) is 0.520. The Hall–Kier alpha value is -0.920. The minimum Gasteiger partial charge on any atom is -0.332 e. The highest BCUT2D eigenvalue weighted by molar-refractivity contribution is 7.89. The van der Waals surface area contributed by atoms with Gasteiger partial charge >= 0.3 is 0 Å². The molecule has 7 heteroatoms. The summed E-state index contributed by atoms with van der Waals surface area (Å²) in [5, 5.41) is 0.122. The van der Waals surface area contributed by atoms with Crippen LogP contribution in [0.1, 0.15) is 38.4 Å². The molecular formula is C11H20N4O2S. The number of rotatable bonds is 4. The Kier molecular flexibility index (Phi) is 4.04. The molecule has 1 aromatic rings. The maximum absolute atomic E-state index is 12.1. The van der Waals surface area contributed by atoms with E-state index in [4.69, 9.17) is 5.73 Å². The Labute approximate surface area is 107 Å². The maximum Gasteiger partial charge on any atom is 0.257 e. The largest absolute Gasteiger partial charge is 0.332 e. The van der Waals surface area contributed by atoms with E-state index in [-0.39, 0.29) is 17.1 Å². The molecule has 1 heterocycles. The average Bonchev–Trinajstić information content (AvgIpc) is 2.81. The first-order valence-corrected chi connectivity index (χ1v) is 7.83. The van der Waals surface area contributed by atoms with Crippen LogP contribution in [0.15, 0.2) is 11.2 Å². The SMILES string of the molecule is CCc1ncc(S(=O)(=O)NC2CCCCC2N)[nH]1. The molecule has 2 atom stereocenters. The Bertz CT molecular complexity index is 497. The van der Waals surface area contributed by atoms with Crippen molar-refractivity contribution in [2.24, 2.45) is 5.73 Å². The number of aryl methyl sites for hydroxylation is 1. The number of nitrogens with two attached hydrogens (primary N) is 1. The van der Waals surface area contributed by atoms with Crippen LogP contribution in [0.5, 0.6) is 0 Å². The summed E-state index contributed by atoms with van der Waals surface area (Å²) >= 11 is 0. The molecule has 1 aromatic heterocycles. The molecule has 0 bridgehead atoms. The number of nitrogens with one attached hydrogen (secondary N) is 2. The molecule has 102 valence electrons. The molecule has 0 spiro atoms. The Morgan fingerprint density at radius 1 is 1.50 bits per heavy atom. The lowest BCUT2D eigenvalue weighted by Gasteiger charge is -2.28. The van der Waals surface area contributed by atoms with Crippen molar-refractivity contribution in [1.82, 2.24) is 14.7 Å². The summed E-state index contributed by atoms with van der Waals surface area (Å²) in [6, 6.07) is -0.265. The van der Waals surface area contributed by atoms with Crippen LogP contribution in [-0.4, -0.2) is 30.5 Å². The minimum atomic E-state index is -3.53. The van der Waals surface area contributed by atoms with Crippen molar-refractivity contribution in [1.29, 1.82) is 0 Å². The van der Waals surface area contributed by atoms with Crippen LogP contribution in [0, 0.1) is 0 Å². The van der Waals surface area contributed by atoms with Crippen LogP contribution in [0.4, 0.5) is 0 Å². The third-order valence-corrected chi connectivity index (χ3v) is 4.76. The molecule has 0 amide bonds. The van der Waals surface area contributed by atoms with Crippen LogP contribution >= 0.6 is 0 Å². The lowest BCUT2D eigenvalue weighted by Crippen LogP contribution is -2.49. The fraction of sp³-hybridized carbons (Fsp3) is 0.727. The molecule has 2 rings (SSSR count). The second-order valence-corrected chi connectivity index (χ2v) is 6.41. The van der Waals surface area contributed by atoms with E-state index >= 15 is 0 Å². The van der Waals surface area contributed by atoms with Gasteiger partial charge in [0, 0.05) is 18.5 Å². The number of sulfonamides is 1. The van der Waals surface area contributed by atoms with E-state index in [0.29, 0.717) is 12.2 Å². The quantitative estimate of drug-likeness (QED) is 0.743.